The molecule has 0 saturated carbocycles. The van der Waals surface area contributed by atoms with Crippen LogP contribution in [-0.4, -0.2) is 17.5 Å². The Morgan fingerprint density at radius 2 is 2.29 bits per heavy atom. The van der Waals surface area contributed by atoms with Gasteiger partial charge in [-0.3, -0.25) is 4.79 Å². The molecule has 1 aromatic heterocycles. The number of aromatic nitrogens is 1. The van der Waals surface area contributed by atoms with E-state index in [2.05, 4.69) is 10.3 Å². The van der Waals surface area contributed by atoms with Gasteiger partial charge in [0.25, 0.3) is 5.91 Å². The maximum absolute atomic E-state index is 11.9. The van der Waals surface area contributed by atoms with Crippen LogP contribution in [0.1, 0.15) is 28.0 Å². The van der Waals surface area contributed by atoms with Gasteiger partial charge in [-0.15, -0.1) is 23.7 Å². The van der Waals surface area contributed by atoms with Gasteiger partial charge in [0.15, 0.2) is 0 Å². The molecule has 3 N–H and O–H groups in total. The Bertz CT molecular complexity index is 589. The van der Waals surface area contributed by atoms with Crippen LogP contribution in [0.15, 0.2) is 29.6 Å². The molecule has 0 radical (unpaired) electrons. The summed E-state index contributed by atoms with van der Waals surface area (Å²) < 4.78 is 5.42. The molecule has 5 nitrogen and oxygen atoms in total. The van der Waals surface area contributed by atoms with Crippen molar-refractivity contribution < 1.29 is 9.53 Å². The predicted octanol–water partition coefficient (Wildman–Crippen LogP) is 2.35. The number of thiazole rings is 1. The number of amides is 1. The number of ether oxygens (including phenoxy) is 1. The molecule has 0 atom stereocenters. The highest BCUT2D eigenvalue weighted by Gasteiger charge is 2.09. The highest BCUT2D eigenvalue weighted by molar-refractivity contribution is 7.09. The van der Waals surface area contributed by atoms with Crippen LogP contribution >= 0.6 is 23.7 Å². The summed E-state index contributed by atoms with van der Waals surface area (Å²) in [5.41, 5.74) is 6.87. The van der Waals surface area contributed by atoms with E-state index in [4.69, 9.17) is 10.5 Å². The van der Waals surface area contributed by atoms with Gasteiger partial charge in [-0.2, -0.15) is 0 Å². The first-order chi connectivity index (χ1) is 9.72. The maximum Gasteiger partial charge on any atom is 0.271 e. The lowest BCUT2D eigenvalue weighted by molar-refractivity contribution is 0.0946. The van der Waals surface area contributed by atoms with Crippen LogP contribution in [0.2, 0.25) is 0 Å². The first kappa shape index (κ1) is 17.4. The van der Waals surface area contributed by atoms with Gasteiger partial charge in [0, 0.05) is 18.5 Å². The normalized spacial score (nSPS) is 9.81. The molecule has 1 aromatic carbocycles. The molecule has 0 aliphatic rings. The molecule has 1 amide bonds. The summed E-state index contributed by atoms with van der Waals surface area (Å²) >= 11 is 1.39. The summed E-state index contributed by atoms with van der Waals surface area (Å²) in [5.74, 6) is 0.612. The monoisotopic (exact) mass is 327 g/mol. The predicted molar refractivity (Wildman–Crippen MR) is 86.0 cm³/mol. The van der Waals surface area contributed by atoms with Crippen molar-refractivity contribution in [2.75, 3.05) is 6.61 Å². The molecule has 0 unspecified atom stereocenters. The van der Waals surface area contributed by atoms with Gasteiger partial charge in [0.1, 0.15) is 16.5 Å². The number of rotatable bonds is 6. The van der Waals surface area contributed by atoms with Gasteiger partial charge in [0.2, 0.25) is 0 Å². The van der Waals surface area contributed by atoms with Gasteiger partial charge < -0.3 is 15.8 Å². The summed E-state index contributed by atoms with van der Waals surface area (Å²) in [6.07, 6.45) is 0. The molecule has 0 spiro atoms. The van der Waals surface area contributed by atoms with Crippen molar-refractivity contribution in [1.29, 1.82) is 0 Å². The summed E-state index contributed by atoms with van der Waals surface area (Å²) in [6, 6.07) is 7.65. The molecular formula is C14H18ClN3O2S. The van der Waals surface area contributed by atoms with Crippen molar-refractivity contribution in [2.45, 2.75) is 20.0 Å². The Labute approximate surface area is 133 Å². The SMILES string of the molecule is CCOc1cccc(CNC(=O)c2csc(CN)n2)c1.Cl. The van der Waals surface area contributed by atoms with E-state index in [9.17, 15) is 4.79 Å². The van der Waals surface area contributed by atoms with E-state index in [1.807, 2.05) is 31.2 Å². The number of hydrogen-bond donors (Lipinski definition) is 2. The maximum atomic E-state index is 11.9. The zero-order valence-corrected chi connectivity index (χ0v) is 13.3. The molecule has 0 fully saturated rings. The van der Waals surface area contributed by atoms with Crippen LogP contribution in [0.3, 0.4) is 0 Å². The number of nitrogens with one attached hydrogen (secondary N) is 1. The lowest BCUT2D eigenvalue weighted by atomic mass is 10.2. The molecule has 0 saturated heterocycles. The fourth-order valence-corrected chi connectivity index (χ4v) is 2.35. The Hall–Kier alpha value is -1.63. The van der Waals surface area contributed by atoms with Gasteiger partial charge in [-0.05, 0) is 24.6 Å². The molecule has 7 heteroatoms. The Balaban J connectivity index is 0.00000220. The van der Waals surface area contributed by atoms with Gasteiger partial charge in [-0.25, -0.2) is 4.98 Å². The van der Waals surface area contributed by atoms with E-state index >= 15 is 0 Å². The third-order valence-electron chi connectivity index (χ3n) is 2.62. The largest absolute Gasteiger partial charge is 0.494 e. The fourth-order valence-electron chi connectivity index (χ4n) is 1.69. The van der Waals surface area contributed by atoms with E-state index in [0.29, 0.717) is 25.4 Å². The Morgan fingerprint density at radius 3 is 2.95 bits per heavy atom. The van der Waals surface area contributed by atoms with Crippen LogP contribution in [0.5, 0.6) is 5.75 Å². The van der Waals surface area contributed by atoms with Crippen LogP contribution in [0.4, 0.5) is 0 Å². The molecule has 1 heterocycles. The molecule has 0 aliphatic carbocycles. The second-order valence-corrected chi connectivity index (χ2v) is 5.04. The molecule has 21 heavy (non-hydrogen) atoms. The molecule has 2 aromatic rings. The Morgan fingerprint density at radius 1 is 1.48 bits per heavy atom. The van der Waals surface area contributed by atoms with Gasteiger partial charge >= 0.3 is 0 Å². The fraction of sp³-hybridized carbons (Fsp3) is 0.286. The molecule has 2 rings (SSSR count). The number of benzene rings is 1. The zero-order chi connectivity index (χ0) is 14.4. The van der Waals surface area contributed by atoms with Crippen LogP contribution in [0, 0.1) is 0 Å². The van der Waals surface area contributed by atoms with E-state index in [-0.39, 0.29) is 18.3 Å². The molecule has 114 valence electrons. The van der Waals surface area contributed by atoms with Crippen molar-refractivity contribution in [1.82, 2.24) is 10.3 Å². The minimum Gasteiger partial charge on any atom is -0.494 e. The number of carbonyl (C=O) groups is 1. The van der Waals surface area contributed by atoms with Crippen molar-refractivity contribution >= 4 is 29.7 Å². The smallest absolute Gasteiger partial charge is 0.271 e. The zero-order valence-electron chi connectivity index (χ0n) is 11.7. The van der Waals surface area contributed by atoms with Crippen LogP contribution in [-0.2, 0) is 13.1 Å². The number of carbonyl (C=O) groups excluding carboxylic acids is 1. The second kappa shape index (κ2) is 8.61. The van der Waals surface area contributed by atoms with E-state index < -0.39 is 0 Å². The average Bonchev–Trinajstić information content (AvgIpc) is 2.94. The summed E-state index contributed by atoms with van der Waals surface area (Å²) in [5, 5.41) is 5.31. The summed E-state index contributed by atoms with van der Waals surface area (Å²) in [6.45, 7) is 3.35. The summed E-state index contributed by atoms with van der Waals surface area (Å²) in [7, 11) is 0. The average molecular weight is 328 g/mol. The molecule has 0 bridgehead atoms. The molecular weight excluding hydrogens is 310 g/mol. The van der Waals surface area contributed by atoms with Crippen LogP contribution < -0.4 is 15.8 Å². The number of hydrogen-bond acceptors (Lipinski definition) is 5. The molecule has 0 aliphatic heterocycles. The number of nitrogens with two attached hydrogens (primary N) is 1. The Kier molecular flexibility index (Phi) is 7.14. The lowest BCUT2D eigenvalue weighted by Crippen LogP contribution is -2.23. The number of halogens is 1. The minimum atomic E-state index is -0.192. The first-order valence-corrected chi connectivity index (χ1v) is 7.25. The minimum absolute atomic E-state index is 0. The quantitative estimate of drug-likeness (QED) is 0.853. The topological polar surface area (TPSA) is 77.2 Å². The third-order valence-corrected chi connectivity index (χ3v) is 3.49. The van der Waals surface area contributed by atoms with E-state index in [1.54, 1.807) is 5.38 Å². The van der Waals surface area contributed by atoms with Crippen LogP contribution in [0.25, 0.3) is 0 Å². The van der Waals surface area contributed by atoms with E-state index in [1.165, 1.54) is 11.3 Å². The van der Waals surface area contributed by atoms with Gasteiger partial charge in [-0.1, -0.05) is 12.1 Å². The van der Waals surface area contributed by atoms with Gasteiger partial charge in [0.05, 0.1) is 6.61 Å². The highest BCUT2D eigenvalue weighted by atomic mass is 35.5. The highest BCUT2D eigenvalue weighted by Crippen LogP contribution is 2.13. The third kappa shape index (κ3) is 5.00. The van der Waals surface area contributed by atoms with Crippen molar-refractivity contribution in [2.24, 2.45) is 5.73 Å². The summed E-state index contributed by atoms with van der Waals surface area (Å²) in [4.78, 5) is 16.1. The van der Waals surface area contributed by atoms with Crippen molar-refractivity contribution in [3.05, 3.63) is 45.9 Å². The number of nitrogens with zero attached hydrogens (tertiary/aromatic N) is 1. The van der Waals surface area contributed by atoms with Crippen molar-refractivity contribution in [3.8, 4) is 5.75 Å². The second-order valence-electron chi connectivity index (χ2n) is 4.09. The first-order valence-electron chi connectivity index (χ1n) is 6.37. The van der Waals surface area contributed by atoms with Crippen molar-refractivity contribution in [3.63, 3.8) is 0 Å². The lowest BCUT2D eigenvalue weighted by Gasteiger charge is -2.07. The standard InChI is InChI=1S/C14H17N3O2S.ClH/c1-2-19-11-5-3-4-10(6-11)8-16-14(18)12-9-20-13(7-15)17-12;/h3-6,9H,2,7-8,15H2,1H3,(H,16,18);1H. The van der Waals surface area contributed by atoms with E-state index in [0.717, 1.165) is 16.3 Å².